The number of allylic oxidation sites excluding steroid dienone is 2. The lowest BCUT2D eigenvalue weighted by molar-refractivity contribution is -0.117. The summed E-state index contributed by atoms with van der Waals surface area (Å²) in [5.41, 5.74) is 1.13. The molecule has 0 saturated heterocycles. The van der Waals surface area contributed by atoms with Crippen LogP contribution in [0.2, 0.25) is 0 Å². The molecular formula is C15H16N2O. The summed E-state index contributed by atoms with van der Waals surface area (Å²) in [6.07, 6.45) is 5.07. The monoisotopic (exact) mass is 240 g/mol. The van der Waals surface area contributed by atoms with Crippen molar-refractivity contribution in [2.24, 2.45) is 0 Å². The van der Waals surface area contributed by atoms with Crippen molar-refractivity contribution in [3.63, 3.8) is 0 Å². The van der Waals surface area contributed by atoms with E-state index in [2.05, 4.69) is 5.32 Å². The highest BCUT2D eigenvalue weighted by atomic mass is 16.1. The molecule has 0 heterocycles. The van der Waals surface area contributed by atoms with Gasteiger partial charge in [-0.15, -0.1) is 0 Å². The Morgan fingerprint density at radius 1 is 1.33 bits per heavy atom. The van der Waals surface area contributed by atoms with Crippen molar-refractivity contribution in [1.29, 1.82) is 5.26 Å². The molecule has 0 aromatic heterocycles. The number of hydrogen-bond donors (Lipinski definition) is 1. The highest BCUT2D eigenvalue weighted by molar-refractivity contribution is 5.97. The van der Waals surface area contributed by atoms with Crippen LogP contribution in [0.3, 0.4) is 0 Å². The van der Waals surface area contributed by atoms with Gasteiger partial charge in [-0.2, -0.15) is 5.26 Å². The fourth-order valence-corrected chi connectivity index (χ4v) is 1.32. The highest BCUT2D eigenvalue weighted by Crippen LogP contribution is 2.02. The third kappa shape index (κ3) is 4.67. The average Bonchev–Trinajstić information content (AvgIpc) is 2.35. The second kappa shape index (κ2) is 7.08. The normalized spacial score (nSPS) is 11.6. The molecule has 18 heavy (non-hydrogen) atoms. The number of nitrogens with one attached hydrogen (secondary N) is 1. The molecule has 3 nitrogen and oxygen atoms in total. The van der Waals surface area contributed by atoms with Crippen molar-refractivity contribution in [3.05, 3.63) is 53.6 Å². The molecule has 1 amide bonds. The minimum absolute atomic E-state index is 0.0207. The zero-order chi connectivity index (χ0) is 13.4. The maximum Gasteiger partial charge on any atom is 0.262 e. The summed E-state index contributed by atoms with van der Waals surface area (Å²) < 4.78 is 0. The van der Waals surface area contributed by atoms with Gasteiger partial charge in [0, 0.05) is 6.04 Å². The van der Waals surface area contributed by atoms with Crippen LogP contribution < -0.4 is 5.32 Å². The predicted molar refractivity (Wildman–Crippen MR) is 72.5 cm³/mol. The molecule has 92 valence electrons. The molecule has 0 atom stereocenters. The van der Waals surface area contributed by atoms with Gasteiger partial charge < -0.3 is 5.32 Å². The first-order valence-electron chi connectivity index (χ1n) is 5.78. The molecule has 0 radical (unpaired) electrons. The van der Waals surface area contributed by atoms with Crippen LogP contribution in [0.1, 0.15) is 19.4 Å². The van der Waals surface area contributed by atoms with Crippen LogP contribution in [0.25, 0.3) is 6.08 Å². The molecule has 0 saturated carbocycles. The number of amides is 1. The van der Waals surface area contributed by atoms with Crippen molar-refractivity contribution in [1.82, 2.24) is 5.32 Å². The van der Waals surface area contributed by atoms with E-state index in [0.29, 0.717) is 0 Å². The number of nitriles is 1. The molecule has 1 N–H and O–H groups in total. The summed E-state index contributed by atoms with van der Waals surface area (Å²) in [6, 6.07) is 11.6. The van der Waals surface area contributed by atoms with Gasteiger partial charge in [-0.25, -0.2) is 0 Å². The zero-order valence-electron chi connectivity index (χ0n) is 10.6. The summed E-state index contributed by atoms with van der Waals surface area (Å²) in [5.74, 6) is -0.342. The lowest BCUT2D eigenvalue weighted by Gasteiger charge is -2.06. The smallest absolute Gasteiger partial charge is 0.262 e. The maximum atomic E-state index is 11.6. The summed E-state index contributed by atoms with van der Waals surface area (Å²) >= 11 is 0. The van der Waals surface area contributed by atoms with Crippen LogP contribution >= 0.6 is 0 Å². The minimum Gasteiger partial charge on any atom is -0.349 e. The molecule has 1 aromatic carbocycles. The SMILES string of the molecule is CC(C)NC(=O)/C(C#N)=C/C=C/c1ccccc1. The van der Waals surface area contributed by atoms with Crippen LogP contribution in [0.15, 0.2) is 48.1 Å². The Morgan fingerprint density at radius 2 is 2.00 bits per heavy atom. The Hall–Kier alpha value is -2.34. The molecular weight excluding hydrogens is 224 g/mol. The third-order valence-electron chi connectivity index (χ3n) is 2.14. The summed E-state index contributed by atoms with van der Waals surface area (Å²) in [5, 5.41) is 11.6. The van der Waals surface area contributed by atoms with Crippen LogP contribution in [0.4, 0.5) is 0 Å². The van der Waals surface area contributed by atoms with Gasteiger partial charge in [-0.1, -0.05) is 42.5 Å². The van der Waals surface area contributed by atoms with Crippen LogP contribution in [-0.2, 0) is 4.79 Å². The van der Waals surface area contributed by atoms with Crippen LogP contribution in [0, 0.1) is 11.3 Å². The van der Waals surface area contributed by atoms with Gasteiger partial charge >= 0.3 is 0 Å². The molecule has 1 aromatic rings. The third-order valence-corrected chi connectivity index (χ3v) is 2.14. The fourth-order valence-electron chi connectivity index (χ4n) is 1.32. The van der Waals surface area contributed by atoms with Crippen molar-refractivity contribution in [3.8, 4) is 6.07 Å². The maximum absolute atomic E-state index is 11.6. The van der Waals surface area contributed by atoms with E-state index < -0.39 is 0 Å². The lowest BCUT2D eigenvalue weighted by atomic mass is 10.2. The van der Waals surface area contributed by atoms with Gasteiger partial charge in [-0.05, 0) is 25.5 Å². The lowest BCUT2D eigenvalue weighted by Crippen LogP contribution is -2.30. The molecule has 0 aliphatic carbocycles. The Kier molecular flexibility index (Phi) is 5.40. The van der Waals surface area contributed by atoms with Gasteiger partial charge in [0.1, 0.15) is 11.6 Å². The van der Waals surface area contributed by atoms with Crippen molar-refractivity contribution < 1.29 is 4.79 Å². The van der Waals surface area contributed by atoms with E-state index in [0.717, 1.165) is 5.56 Å². The Balaban J connectivity index is 2.72. The average molecular weight is 240 g/mol. The van der Waals surface area contributed by atoms with E-state index in [4.69, 9.17) is 5.26 Å². The zero-order valence-corrected chi connectivity index (χ0v) is 10.6. The molecule has 3 heteroatoms. The largest absolute Gasteiger partial charge is 0.349 e. The van der Waals surface area contributed by atoms with Crippen molar-refractivity contribution >= 4 is 12.0 Å². The van der Waals surface area contributed by atoms with Crippen LogP contribution in [-0.4, -0.2) is 11.9 Å². The van der Waals surface area contributed by atoms with E-state index >= 15 is 0 Å². The first-order chi connectivity index (χ1) is 8.63. The van der Waals surface area contributed by atoms with E-state index in [1.165, 1.54) is 6.08 Å². The van der Waals surface area contributed by atoms with Crippen molar-refractivity contribution in [2.45, 2.75) is 19.9 Å². The van der Waals surface area contributed by atoms with Gasteiger partial charge in [0.15, 0.2) is 0 Å². The fraction of sp³-hybridized carbons (Fsp3) is 0.200. The molecule has 1 rings (SSSR count). The van der Waals surface area contributed by atoms with Crippen LogP contribution in [0.5, 0.6) is 0 Å². The summed E-state index contributed by atoms with van der Waals surface area (Å²) in [7, 11) is 0. The Bertz CT molecular complexity index is 493. The quantitative estimate of drug-likeness (QED) is 0.499. The minimum atomic E-state index is -0.342. The van der Waals surface area contributed by atoms with Gasteiger partial charge in [0.2, 0.25) is 0 Å². The number of carbonyl (C=O) groups is 1. The van der Waals surface area contributed by atoms with E-state index in [1.807, 2.05) is 56.3 Å². The number of rotatable bonds is 4. The molecule has 0 aliphatic heterocycles. The molecule has 0 unspecified atom stereocenters. The molecule has 0 aliphatic rings. The standard InChI is InChI=1S/C15H16N2O/c1-12(2)17-15(18)14(11-16)10-6-9-13-7-4-3-5-8-13/h3-10,12H,1-2H3,(H,17,18)/b9-6+,14-10+. The first kappa shape index (κ1) is 13.7. The topological polar surface area (TPSA) is 52.9 Å². The molecule has 0 spiro atoms. The van der Waals surface area contributed by atoms with Gasteiger partial charge in [0.25, 0.3) is 5.91 Å². The summed E-state index contributed by atoms with van der Waals surface area (Å²) in [6.45, 7) is 3.71. The highest BCUT2D eigenvalue weighted by Gasteiger charge is 2.07. The number of nitrogens with zero attached hydrogens (tertiary/aromatic N) is 1. The van der Waals surface area contributed by atoms with Gasteiger partial charge in [-0.3, -0.25) is 4.79 Å². The second-order valence-corrected chi connectivity index (χ2v) is 4.09. The second-order valence-electron chi connectivity index (χ2n) is 4.09. The van der Waals surface area contributed by atoms with E-state index in [-0.39, 0.29) is 17.5 Å². The first-order valence-corrected chi connectivity index (χ1v) is 5.78. The molecule has 0 bridgehead atoms. The number of hydrogen-bond acceptors (Lipinski definition) is 2. The van der Waals surface area contributed by atoms with E-state index in [1.54, 1.807) is 6.08 Å². The Labute approximate surface area is 107 Å². The predicted octanol–water partition coefficient (Wildman–Crippen LogP) is 2.67. The number of carbonyl (C=O) groups excluding carboxylic acids is 1. The molecule has 0 fully saturated rings. The van der Waals surface area contributed by atoms with Gasteiger partial charge in [0.05, 0.1) is 0 Å². The van der Waals surface area contributed by atoms with E-state index in [9.17, 15) is 4.79 Å². The van der Waals surface area contributed by atoms with Crippen molar-refractivity contribution in [2.75, 3.05) is 0 Å². The number of benzene rings is 1. The Morgan fingerprint density at radius 3 is 2.56 bits per heavy atom. The summed E-state index contributed by atoms with van der Waals surface area (Å²) in [4.78, 5) is 11.6.